The monoisotopic (exact) mass is 569 g/mol. The highest BCUT2D eigenvalue weighted by atomic mass is 19.2. The van der Waals surface area contributed by atoms with Crippen LogP contribution < -0.4 is 10.6 Å². The summed E-state index contributed by atoms with van der Waals surface area (Å²) >= 11 is 0. The Balaban J connectivity index is 1.36. The van der Waals surface area contributed by atoms with E-state index in [2.05, 4.69) is 21.7 Å². The van der Waals surface area contributed by atoms with Crippen LogP contribution in [0.3, 0.4) is 0 Å². The Labute approximate surface area is 238 Å². The predicted octanol–water partition coefficient (Wildman–Crippen LogP) is 4.03. The van der Waals surface area contributed by atoms with Gasteiger partial charge in [0.15, 0.2) is 11.6 Å². The number of carbonyl (C=O) groups is 3. The molecule has 0 aliphatic carbocycles. The largest absolute Gasteiger partial charge is 0.468 e. The Hall–Kier alpha value is -3.86. The van der Waals surface area contributed by atoms with Crippen LogP contribution in [0.5, 0.6) is 0 Å². The first kappa shape index (κ1) is 30.1. The van der Waals surface area contributed by atoms with Crippen molar-refractivity contribution in [2.45, 2.75) is 32.7 Å². The van der Waals surface area contributed by atoms with Crippen molar-refractivity contribution in [1.29, 1.82) is 0 Å². The number of rotatable bonds is 10. The number of nitrogens with two attached hydrogens (primary N) is 1. The van der Waals surface area contributed by atoms with Crippen LogP contribution in [-0.2, 0) is 9.53 Å². The number of para-hydroxylation sites is 1. The maximum absolute atomic E-state index is 14.2. The van der Waals surface area contributed by atoms with Crippen molar-refractivity contribution in [2.24, 2.45) is 22.6 Å². The summed E-state index contributed by atoms with van der Waals surface area (Å²) in [5.74, 6) is -3.68. The van der Waals surface area contributed by atoms with Gasteiger partial charge in [-0.05, 0) is 55.5 Å². The van der Waals surface area contributed by atoms with E-state index < -0.39 is 41.5 Å². The smallest absolute Gasteiger partial charge is 0.344 e. The first-order chi connectivity index (χ1) is 19.6. The van der Waals surface area contributed by atoms with E-state index >= 15 is 0 Å². The van der Waals surface area contributed by atoms with Crippen molar-refractivity contribution in [2.75, 3.05) is 51.3 Å². The number of anilines is 1. The van der Waals surface area contributed by atoms with E-state index in [0.717, 1.165) is 57.0 Å². The Morgan fingerprint density at radius 2 is 1.80 bits per heavy atom. The number of nitrogens with zero attached hydrogens (tertiary/aromatic N) is 4. The number of carbonyl (C=O) groups excluding carboxylic acids is 3. The highest BCUT2D eigenvalue weighted by molar-refractivity contribution is 6.08. The molecule has 2 heterocycles. The zero-order valence-corrected chi connectivity index (χ0v) is 23.7. The van der Waals surface area contributed by atoms with E-state index in [1.807, 2.05) is 18.2 Å². The molecule has 0 saturated carbocycles. The van der Waals surface area contributed by atoms with Gasteiger partial charge >= 0.3 is 12.0 Å². The lowest BCUT2D eigenvalue weighted by atomic mass is 9.86. The number of methoxy groups -OCH3 is 1. The number of urea groups is 1. The maximum atomic E-state index is 14.2. The van der Waals surface area contributed by atoms with E-state index in [1.54, 1.807) is 13.0 Å². The molecule has 0 radical (unpaired) electrons. The summed E-state index contributed by atoms with van der Waals surface area (Å²) in [6.07, 6.45) is 1.45. The summed E-state index contributed by atoms with van der Waals surface area (Å²) in [6, 6.07) is 9.42. The highest BCUT2D eigenvalue weighted by Gasteiger charge is 2.43. The summed E-state index contributed by atoms with van der Waals surface area (Å²) < 4.78 is 32.8. The molecule has 220 valence electrons. The zero-order chi connectivity index (χ0) is 29.7. The molecule has 2 unspecified atom stereocenters. The van der Waals surface area contributed by atoms with Gasteiger partial charge in [0.05, 0.1) is 18.7 Å². The van der Waals surface area contributed by atoms with Crippen LogP contribution in [0.1, 0.15) is 48.7 Å². The van der Waals surface area contributed by atoms with Gasteiger partial charge in [-0.25, -0.2) is 18.6 Å². The topological polar surface area (TPSA) is 109 Å². The summed E-state index contributed by atoms with van der Waals surface area (Å²) in [4.78, 5) is 47.6. The molecule has 2 N–H and O–H groups in total. The van der Waals surface area contributed by atoms with Crippen LogP contribution in [-0.4, -0.2) is 79.8 Å². The second-order valence-corrected chi connectivity index (χ2v) is 10.8. The van der Waals surface area contributed by atoms with E-state index in [4.69, 9.17) is 10.5 Å². The fourth-order valence-corrected chi connectivity index (χ4v) is 5.81. The maximum Gasteiger partial charge on any atom is 0.344 e. The third-order valence-corrected chi connectivity index (χ3v) is 7.91. The van der Waals surface area contributed by atoms with Gasteiger partial charge in [-0.3, -0.25) is 14.5 Å². The van der Waals surface area contributed by atoms with Crippen molar-refractivity contribution in [3.05, 3.63) is 65.2 Å². The molecule has 2 aliphatic rings. The minimum atomic E-state index is -1.05. The molecule has 0 spiro atoms. The molecular formula is C30H37F2N5O4. The summed E-state index contributed by atoms with van der Waals surface area (Å²) in [7, 11) is 1.25. The van der Waals surface area contributed by atoms with Gasteiger partial charge in [-0.2, -0.15) is 0 Å². The van der Waals surface area contributed by atoms with Crippen molar-refractivity contribution in [3.8, 4) is 0 Å². The van der Waals surface area contributed by atoms with E-state index in [9.17, 15) is 23.2 Å². The molecule has 1 fully saturated rings. The van der Waals surface area contributed by atoms with Crippen molar-refractivity contribution < 1.29 is 27.9 Å². The summed E-state index contributed by atoms with van der Waals surface area (Å²) in [6.45, 7) is 8.13. The fourth-order valence-electron chi connectivity index (χ4n) is 5.81. The van der Waals surface area contributed by atoms with Gasteiger partial charge in [0, 0.05) is 50.7 Å². The molecule has 11 heteroatoms. The lowest BCUT2D eigenvalue weighted by molar-refractivity contribution is -0.145. The van der Waals surface area contributed by atoms with E-state index in [0.29, 0.717) is 30.0 Å². The molecule has 2 aromatic rings. The third kappa shape index (κ3) is 6.90. The number of aliphatic imine (C=N–C) groups is 1. The van der Waals surface area contributed by atoms with Crippen molar-refractivity contribution >= 4 is 29.3 Å². The molecule has 3 amide bonds. The number of ether oxygens (including phenoxy) is 1. The molecule has 41 heavy (non-hydrogen) atoms. The van der Waals surface area contributed by atoms with Gasteiger partial charge < -0.3 is 20.3 Å². The molecule has 1 saturated heterocycles. The van der Waals surface area contributed by atoms with Gasteiger partial charge in [-0.1, -0.05) is 25.1 Å². The van der Waals surface area contributed by atoms with Gasteiger partial charge in [0.2, 0.25) is 0 Å². The Kier molecular flexibility index (Phi) is 9.69. The zero-order valence-electron chi connectivity index (χ0n) is 23.7. The molecule has 2 aromatic carbocycles. The average Bonchev–Trinajstić information content (AvgIpc) is 2.95. The van der Waals surface area contributed by atoms with Crippen LogP contribution in [0.2, 0.25) is 0 Å². The molecule has 2 aliphatic heterocycles. The molecule has 9 nitrogen and oxygen atoms in total. The summed E-state index contributed by atoms with van der Waals surface area (Å²) in [5, 5.41) is 0. The van der Waals surface area contributed by atoms with Gasteiger partial charge in [-0.15, -0.1) is 0 Å². The lowest BCUT2D eigenvalue weighted by Gasteiger charge is -2.39. The van der Waals surface area contributed by atoms with Crippen molar-refractivity contribution in [3.63, 3.8) is 0 Å². The summed E-state index contributed by atoms with van der Waals surface area (Å²) in [5.41, 5.74) is 7.52. The number of hydrogen-bond acceptors (Lipinski definition) is 6. The Morgan fingerprint density at radius 1 is 1.10 bits per heavy atom. The molecule has 0 bridgehead atoms. The highest BCUT2D eigenvalue weighted by Crippen LogP contribution is 2.36. The number of primary amides is 1. The number of halogens is 2. The first-order valence-corrected chi connectivity index (χ1v) is 13.8. The molecule has 0 aromatic heterocycles. The van der Waals surface area contributed by atoms with Gasteiger partial charge in [0.1, 0.15) is 5.92 Å². The number of benzene rings is 2. The first-order valence-electron chi connectivity index (χ1n) is 13.8. The lowest BCUT2D eigenvalue weighted by Crippen LogP contribution is -2.48. The third-order valence-electron chi connectivity index (χ3n) is 7.91. The van der Waals surface area contributed by atoms with Crippen molar-refractivity contribution in [1.82, 2.24) is 9.80 Å². The average molecular weight is 570 g/mol. The fraction of sp³-hybridized carbons (Fsp3) is 0.467. The second-order valence-electron chi connectivity index (χ2n) is 10.8. The standard InChI is InChI=1S/C30H37F2N5O4/c1-19(18-35-13-15-36(16-14-35)25-9-5-4-8-22(25)28(33)38)7-6-12-37-27(21-10-11-23(31)24(32)17-21)26(29(39)41-3)20(2)34-30(37)40/h4-5,8-11,17,19,26-27H,6-7,12-16,18H2,1-3H3,(H2,33,38)/t19-,26?,27?/m0/s1. The number of esters is 1. The Bertz CT molecular complexity index is 1310. The van der Waals surface area contributed by atoms with Gasteiger partial charge in [0.25, 0.3) is 5.91 Å². The van der Waals surface area contributed by atoms with Crippen LogP contribution >= 0.6 is 0 Å². The number of hydrogen-bond donors (Lipinski definition) is 1. The minimum Gasteiger partial charge on any atom is -0.468 e. The predicted molar refractivity (Wildman–Crippen MR) is 152 cm³/mol. The molecule has 3 atom stereocenters. The quantitative estimate of drug-likeness (QED) is 0.433. The van der Waals surface area contributed by atoms with Crippen LogP contribution in [0.25, 0.3) is 0 Å². The SMILES string of the molecule is COC(=O)C1C(C)=NC(=O)N(CCC[C@H](C)CN2CCN(c3ccccc3C(N)=O)CC2)C1c1ccc(F)c(F)c1. The van der Waals surface area contributed by atoms with E-state index in [-0.39, 0.29) is 5.71 Å². The minimum absolute atomic E-state index is 0.277. The second kappa shape index (κ2) is 13.2. The number of piperazine rings is 1. The van der Waals surface area contributed by atoms with Crippen LogP contribution in [0.4, 0.5) is 19.3 Å². The van der Waals surface area contributed by atoms with E-state index in [1.165, 1.54) is 18.1 Å². The normalized spacial score (nSPS) is 20.5. The number of amides is 3. The van der Waals surface area contributed by atoms with Crippen LogP contribution in [0.15, 0.2) is 47.5 Å². The molecular weight excluding hydrogens is 532 g/mol. The molecule has 4 rings (SSSR count). The Morgan fingerprint density at radius 3 is 2.46 bits per heavy atom. The van der Waals surface area contributed by atoms with Crippen LogP contribution in [0, 0.1) is 23.5 Å².